The molecular weight excluding hydrogens is 552 g/mol. The Morgan fingerprint density at radius 1 is 0.511 bits per heavy atom. The highest BCUT2D eigenvalue weighted by atomic mass is 15.1. The second kappa shape index (κ2) is 9.89. The molecule has 9 rings (SSSR count). The zero-order valence-corrected chi connectivity index (χ0v) is 24.1. The van der Waals surface area contributed by atoms with Gasteiger partial charge in [0.2, 0.25) is 5.62 Å². The lowest BCUT2D eigenvalue weighted by atomic mass is 10.1. The minimum absolute atomic E-state index is 0.125. The van der Waals surface area contributed by atoms with Crippen LogP contribution in [-0.2, 0) is 0 Å². The summed E-state index contributed by atoms with van der Waals surface area (Å²) in [6.45, 7) is 0. The van der Waals surface area contributed by atoms with E-state index in [9.17, 15) is 5.41 Å². The number of aromatic nitrogens is 4. The molecule has 0 saturated heterocycles. The predicted octanol–water partition coefficient (Wildman–Crippen LogP) is 8.68. The lowest BCUT2D eigenvalue weighted by Crippen LogP contribution is -2.19. The maximum absolute atomic E-state index is 9.30. The summed E-state index contributed by atoms with van der Waals surface area (Å²) in [6, 6.07) is 49.7. The third kappa shape index (κ3) is 3.86. The smallest absolute Gasteiger partial charge is 0.231 e. The second-order valence-electron chi connectivity index (χ2n) is 11.1. The maximum atomic E-state index is 9.30. The molecule has 0 aliphatic carbocycles. The molecule has 0 unspecified atom stereocenters. The molecule has 2 N–H and O–H groups in total. The number of fused-ring (bicyclic) bond motifs is 7. The van der Waals surface area contributed by atoms with Gasteiger partial charge < -0.3 is 9.55 Å². The number of hydrogen-bond donors (Lipinski definition) is 2. The number of hydrogen-bond acceptors (Lipinski definition) is 2. The van der Waals surface area contributed by atoms with Crippen LogP contribution in [0.3, 0.4) is 0 Å². The Kier molecular flexibility index (Phi) is 5.55. The number of para-hydroxylation sites is 6. The number of nitrogens with one attached hydrogen (secondary N) is 2. The Morgan fingerprint density at radius 3 is 1.53 bits per heavy atom. The molecule has 3 aromatic heterocycles. The fourth-order valence-corrected chi connectivity index (χ4v) is 6.69. The van der Waals surface area contributed by atoms with Crippen LogP contribution < -0.4 is 5.62 Å². The quantitative estimate of drug-likeness (QED) is 0.160. The van der Waals surface area contributed by atoms with E-state index in [0.717, 1.165) is 55.2 Å². The van der Waals surface area contributed by atoms with Crippen LogP contribution in [0, 0.1) is 5.41 Å². The van der Waals surface area contributed by atoms with Crippen molar-refractivity contribution < 1.29 is 0 Å². The van der Waals surface area contributed by atoms with Gasteiger partial charge in [-0.1, -0.05) is 97.1 Å². The molecule has 3 heterocycles. The van der Waals surface area contributed by atoms with Crippen molar-refractivity contribution in [1.29, 1.82) is 5.41 Å². The van der Waals surface area contributed by atoms with Gasteiger partial charge in [0.05, 0.1) is 33.3 Å². The van der Waals surface area contributed by atoms with Crippen LogP contribution >= 0.6 is 0 Å². The van der Waals surface area contributed by atoms with Gasteiger partial charge in [0.1, 0.15) is 0 Å². The highest BCUT2D eigenvalue weighted by Crippen LogP contribution is 2.34. The monoisotopic (exact) mass is 578 g/mol. The summed E-state index contributed by atoms with van der Waals surface area (Å²) < 4.78 is 4.43. The van der Waals surface area contributed by atoms with Crippen LogP contribution in [0.5, 0.6) is 0 Å². The van der Waals surface area contributed by atoms with Crippen molar-refractivity contribution in [1.82, 2.24) is 19.1 Å². The second-order valence-corrected chi connectivity index (χ2v) is 11.1. The van der Waals surface area contributed by atoms with E-state index in [1.165, 1.54) is 10.8 Å². The van der Waals surface area contributed by atoms with Crippen molar-refractivity contribution in [3.05, 3.63) is 157 Å². The van der Waals surface area contributed by atoms with Gasteiger partial charge in [0.25, 0.3) is 0 Å². The minimum Gasteiger partial charge on any atom is -0.323 e. The number of nitrogens with zero attached hydrogens (tertiary/aromatic N) is 4. The number of aromatic amines is 1. The Hall–Kier alpha value is -6.27. The molecule has 0 aliphatic rings. The maximum Gasteiger partial charge on any atom is 0.231 e. The third-order valence-corrected chi connectivity index (χ3v) is 8.62. The predicted molar refractivity (Wildman–Crippen MR) is 184 cm³/mol. The molecular formula is C39H26N6. The summed E-state index contributed by atoms with van der Waals surface area (Å²) >= 11 is 0. The van der Waals surface area contributed by atoms with Crippen LogP contribution in [0.25, 0.3) is 66.0 Å². The van der Waals surface area contributed by atoms with Gasteiger partial charge >= 0.3 is 0 Å². The van der Waals surface area contributed by atoms with Gasteiger partial charge in [-0.3, -0.25) is 9.98 Å². The van der Waals surface area contributed by atoms with E-state index in [-0.39, 0.29) is 5.84 Å². The van der Waals surface area contributed by atoms with E-state index in [4.69, 9.17) is 9.98 Å². The van der Waals surface area contributed by atoms with Crippen molar-refractivity contribution in [2.75, 3.05) is 0 Å². The first kappa shape index (κ1) is 25.2. The first-order valence-corrected chi connectivity index (χ1v) is 15.0. The molecule has 212 valence electrons. The van der Waals surface area contributed by atoms with Gasteiger partial charge in [0.15, 0.2) is 11.7 Å². The molecule has 0 saturated carbocycles. The standard InChI is InChI=1S/C39H26N6/c40-37(30-18-6-12-24-36(30)44-32-20-8-2-13-25(32)26-14-3-9-21-33(26)44)42-39-41-31-19-7-1-17-29(31)38(43-39)45-34-22-10-4-15-27(34)28-16-5-11-23-35(28)45/h1-24H,(H2,40,41,42,43). The highest BCUT2D eigenvalue weighted by molar-refractivity contribution is 6.11. The summed E-state index contributed by atoms with van der Waals surface area (Å²) in [5, 5.41) is 14.9. The van der Waals surface area contributed by atoms with Crippen LogP contribution in [0.4, 0.5) is 0 Å². The lowest BCUT2D eigenvalue weighted by molar-refractivity contribution is 0.987. The third-order valence-electron chi connectivity index (χ3n) is 8.62. The molecule has 45 heavy (non-hydrogen) atoms. The summed E-state index contributed by atoms with van der Waals surface area (Å²) in [4.78, 5) is 13.3. The molecule has 0 spiro atoms. The van der Waals surface area contributed by atoms with Gasteiger partial charge in [-0.05, 0) is 48.5 Å². The van der Waals surface area contributed by atoms with E-state index < -0.39 is 0 Å². The summed E-state index contributed by atoms with van der Waals surface area (Å²) in [7, 11) is 0. The SMILES string of the molecule is N=C(/N=c1/nc(-n2c3ccccc3c3ccccc32)c2ccccc2[nH]1)c1ccccc1-n1c2ccccc2c2ccccc21. The Balaban J connectivity index is 1.28. The molecule has 0 radical (unpaired) electrons. The average molecular weight is 579 g/mol. The molecule has 6 nitrogen and oxygen atoms in total. The first-order valence-electron chi connectivity index (χ1n) is 15.0. The molecule has 6 heteroatoms. The van der Waals surface area contributed by atoms with Crippen LogP contribution in [-0.4, -0.2) is 24.9 Å². The summed E-state index contributed by atoms with van der Waals surface area (Å²) in [6.07, 6.45) is 0. The number of benzene rings is 6. The summed E-state index contributed by atoms with van der Waals surface area (Å²) in [5.41, 5.74) is 7.18. The van der Waals surface area contributed by atoms with Gasteiger partial charge in [-0.2, -0.15) is 9.98 Å². The van der Waals surface area contributed by atoms with Crippen molar-refractivity contribution in [2.45, 2.75) is 0 Å². The molecule has 9 aromatic rings. The van der Waals surface area contributed by atoms with Gasteiger partial charge in [-0.15, -0.1) is 0 Å². The van der Waals surface area contributed by atoms with E-state index in [2.05, 4.69) is 123 Å². The van der Waals surface area contributed by atoms with Crippen molar-refractivity contribution in [3.8, 4) is 11.5 Å². The zero-order valence-electron chi connectivity index (χ0n) is 24.1. The zero-order chi connectivity index (χ0) is 29.9. The van der Waals surface area contributed by atoms with Gasteiger partial charge in [0, 0.05) is 32.5 Å². The molecule has 0 bridgehead atoms. The molecule has 0 amide bonds. The van der Waals surface area contributed by atoms with Crippen molar-refractivity contribution in [2.24, 2.45) is 4.99 Å². The molecule has 6 aromatic carbocycles. The summed E-state index contributed by atoms with van der Waals surface area (Å²) in [5.74, 6) is 0.892. The topological polar surface area (TPSA) is 74.8 Å². The van der Waals surface area contributed by atoms with Crippen LogP contribution in [0.1, 0.15) is 5.56 Å². The van der Waals surface area contributed by atoms with Crippen molar-refractivity contribution in [3.63, 3.8) is 0 Å². The normalized spacial score (nSPS) is 12.2. The van der Waals surface area contributed by atoms with E-state index >= 15 is 0 Å². The van der Waals surface area contributed by atoms with E-state index in [1.807, 2.05) is 36.4 Å². The Bertz CT molecular complexity index is 2580. The number of rotatable bonds is 3. The fourth-order valence-electron chi connectivity index (χ4n) is 6.69. The van der Waals surface area contributed by atoms with Crippen molar-refractivity contribution >= 4 is 60.4 Å². The molecule has 0 atom stereocenters. The van der Waals surface area contributed by atoms with Crippen LogP contribution in [0.15, 0.2) is 151 Å². The van der Waals surface area contributed by atoms with E-state index in [1.54, 1.807) is 0 Å². The Labute approximate surface area is 257 Å². The number of amidine groups is 1. The van der Waals surface area contributed by atoms with Gasteiger partial charge in [-0.25, -0.2) is 0 Å². The Morgan fingerprint density at radius 2 is 0.956 bits per heavy atom. The fraction of sp³-hybridized carbons (Fsp3) is 0. The minimum atomic E-state index is 0.125. The molecule has 0 fully saturated rings. The highest BCUT2D eigenvalue weighted by Gasteiger charge is 2.18. The first-order chi connectivity index (χ1) is 22.3. The van der Waals surface area contributed by atoms with Crippen LogP contribution in [0.2, 0.25) is 0 Å². The largest absolute Gasteiger partial charge is 0.323 e. The molecule has 0 aliphatic heterocycles. The lowest BCUT2D eigenvalue weighted by Gasteiger charge is -2.13. The number of H-pyrrole nitrogens is 1. The van der Waals surface area contributed by atoms with E-state index in [0.29, 0.717) is 11.2 Å². The average Bonchev–Trinajstić information content (AvgIpc) is 3.61.